The average molecular weight is 284 g/mol. The number of hydrogen-bond acceptors (Lipinski definition) is 4. The fraction of sp³-hybridized carbons (Fsp3) is 0.125. The van der Waals surface area contributed by atoms with Crippen LogP contribution in [0.1, 0.15) is 21.5 Å². The van der Waals surface area contributed by atoms with E-state index in [1.807, 2.05) is 18.2 Å². The molecule has 0 bridgehead atoms. The molecule has 0 aromatic heterocycles. The van der Waals surface area contributed by atoms with E-state index in [0.29, 0.717) is 17.8 Å². The van der Waals surface area contributed by atoms with Crippen LogP contribution >= 0.6 is 0 Å². The van der Waals surface area contributed by atoms with Gasteiger partial charge in [0.1, 0.15) is 5.82 Å². The molecule has 4 nitrogen and oxygen atoms in total. The molecule has 0 fully saturated rings. The zero-order chi connectivity index (χ0) is 15.2. The van der Waals surface area contributed by atoms with Gasteiger partial charge in [-0.25, -0.2) is 9.18 Å². The summed E-state index contributed by atoms with van der Waals surface area (Å²) < 4.78 is 18.0. The molecular weight excluding hydrogens is 271 g/mol. The first-order valence-electron chi connectivity index (χ1n) is 6.25. The minimum absolute atomic E-state index is 0.109. The smallest absolute Gasteiger partial charge is 0.340 e. The van der Waals surface area contributed by atoms with Crippen molar-refractivity contribution in [3.8, 4) is 6.07 Å². The molecule has 0 aliphatic rings. The summed E-state index contributed by atoms with van der Waals surface area (Å²) in [5.74, 6) is -1.33. The third-order valence-electron chi connectivity index (χ3n) is 2.95. The van der Waals surface area contributed by atoms with E-state index < -0.39 is 11.8 Å². The van der Waals surface area contributed by atoms with Crippen LogP contribution in [0.5, 0.6) is 0 Å². The summed E-state index contributed by atoms with van der Waals surface area (Å²) in [6, 6.07) is 13.3. The molecule has 0 saturated heterocycles. The van der Waals surface area contributed by atoms with Gasteiger partial charge >= 0.3 is 5.97 Å². The van der Waals surface area contributed by atoms with Crippen LogP contribution in [0.3, 0.4) is 0 Å². The Labute approximate surface area is 121 Å². The minimum atomic E-state index is -0.713. The van der Waals surface area contributed by atoms with E-state index >= 15 is 0 Å². The van der Waals surface area contributed by atoms with Crippen molar-refractivity contribution in [2.75, 3.05) is 12.4 Å². The quantitative estimate of drug-likeness (QED) is 0.876. The molecular formula is C16H13FN2O2. The largest absolute Gasteiger partial charge is 0.465 e. The molecule has 0 saturated carbocycles. The van der Waals surface area contributed by atoms with Gasteiger partial charge < -0.3 is 10.1 Å². The predicted octanol–water partition coefficient (Wildman–Crippen LogP) is 3.10. The fourth-order valence-corrected chi connectivity index (χ4v) is 1.80. The standard InChI is InChI=1S/C16H13FN2O2/c1-21-16(20)14-8-13(6-7-15(14)17)19-10-12-4-2-11(9-18)3-5-12/h2-8,19H,10H2,1H3. The van der Waals surface area contributed by atoms with E-state index in [0.717, 1.165) is 5.56 Å². The molecule has 0 atom stereocenters. The Morgan fingerprint density at radius 2 is 2.00 bits per heavy atom. The van der Waals surface area contributed by atoms with Gasteiger partial charge in [0.2, 0.25) is 0 Å². The number of halogens is 1. The van der Waals surface area contributed by atoms with Gasteiger partial charge in [-0.3, -0.25) is 0 Å². The summed E-state index contributed by atoms with van der Waals surface area (Å²) in [5, 5.41) is 11.8. The summed E-state index contributed by atoms with van der Waals surface area (Å²) in [6.07, 6.45) is 0. The van der Waals surface area contributed by atoms with Crippen LogP contribution in [0.2, 0.25) is 0 Å². The van der Waals surface area contributed by atoms with Crippen molar-refractivity contribution in [3.05, 3.63) is 65.0 Å². The van der Waals surface area contributed by atoms with Gasteiger partial charge in [-0.05, 0) is 35.9 Å². The number of rotatable bonds is 4. The molecule has 0 spiro atoms. The third kappa shape index (κ3) is 3.57. The van der Waals surface area contributed by atoms with Crippen molar-refractivity contribution in [2.45, 2.75) is 6.54 Å². The van der Waals surface area contributed by atoms with Crippen LogP contribution in [0.4, 0.5) is 10.1 Å². The Morgan fingerprint density at radius 3 is 2.62 bits per heavy atom. The normalized spacial score (nSPS) is 9.76. The van der Waals surface area contributed by atoms with Gasteiger partial charge in [-0.2, -0.15) is 5.26 Å². The minimum Gasteiger partial charge on any atom is -0.465 e. The monoisotopic (exact) mass is 284 g/mol. The number of anilines is 1. The number of ether oxygens (including phenoxy) is 1. The van der Waals surface area contributed by atoms with Crippen LogP contribution in [0.25, 0.3) is 0 Å². The van der Waals surface area contributed by atoms with Gasteiger partial charge in [-0.1, -0.05) is 12.1 Å². The van der Waals surface area contributed by atoms with Crippen LogP contribution in [-0.4, -0.2) is 13.1 Å². The van der Waals surface area contributed by atoms with Gasteiger partial charge in [-0.15, -0.1) is 0 Å². The lowest BCUT2D eigenvalue weighted by Crippen LogP contribution is -2.06. The Balaban J connectivity index is 2.09. The highest BCUT2D eigenvalue weighted by Gasteiger charge is 2.12. The van der Waals surface area contributed by atoms with Crippen molar-refractivity contribution in [1.82, 2.24) is 0 Å². The van der Waals surface area contributed by atoms with E-state index in [2.05, 4.69) is 10.1 Å². The van der Waals surface area contributed by atoms with E-state index in [1.54, 1.807) is 18.2 Å². The maximum atomic E-state index is 13.5. The Bertz CT molecular complexity index is 690. The van der Waals surface area contributed by atoms with E-state index in [9.17, 15) is 9.18 Å². The van der Waals surface area contributed by atoms with Gasteiger partial charge in [0.05, 0.1) is 24.3 Å². The van der Waals surface area contributed by atoms with Crippen molar-refractivity contribution in [2.24, 2.45) is 0 Å². The maximum Gasteiger partial charge on any atom is 0.340 e. The lowest BCUT2D eigenvalue weighted by Gasteiger charge is -2.09. The Kier molecular flexibility index (Phi) is 4.52. The number of hydrogen-bond donors (Lipinski definition) is 1. The van der Waals surface area contributed by atoms with Crippen molar-refractivity contribution < 1.29 is 13.9 Å². The molecule has 0 heterocycles. The highest BCUT2D eigenvalue weighted by atomic mass is 19.1. The summed E-state index contributed by atoms with van der Waals surface area (Å²) in [7, 11) is 1.21. The topological polar surface area (TPSA) is 62.1 Å². The lowest BCUT2D eigenvalue weighted by atomic mass is 10.1. The van der Waals surface area contributed by atoms with E-state index in [4.69, 9.17) is 5.26 Å². The number of benzene rings is 2. The van der Waals surface area contributed by atoms with Crippen molar-refractivity contribution >= 4 is 11.7 Å². The third-order valence-corrected chi connectivity index (χ3v) is 2.95. The Hall–Kier alpha value is -2.87. The molecule has 1 N–H and O–H groups in total. The number of nitriles is 1. The molecule has 0 amide bonds. The summed E-state index contributed by atoms with van der Waals surface area (Å²) in [5.41, 5.74) is 2.06. The molecule has 0 aliphatic carbocycles. The second-order valence-corrected chi connectivity index (χ2v) is 4.35. The molecule has 2 rings (SSSR count). The first-order valence-corrected chi connectivity index (χ1v) is 6.25. The second-order valence-electron chi connectivity index (χ2n) is 4.35. The van der Waals surface area contributed by atoms with Gasteiger partial charge in [0.25, 0.3) is 0 Å². The zero-order valence-corrected chi connectivity index (χ0v) is 11.4. The SMILES string of the molecule is COC(=O)c1cc(NCc2ccc(C#N)cc2)ccc1F. The van der Waals surface area contributed by atoms with Gasteiger partial charge in [0, 0.05) is 12.2 Å². The molecule has 0 unspecified atom stereocenters. The molecule has 5 heteroatoms. The molecule has 2 aromatic carbocycles. The number of carbonyl (C=O) groups is 1. The van der Waals surface area contributed by atoms with Crippen LogP contribution in [0.15, 0.2) is 42.5 Å². The zero-order valence-electron chi connectivity index (χ0n) is 11.4. The summed E-state index contributed by atoms with van der Waals surface area (Å²) >= 11 is 0. The predicted molar refractivity (Wildman–Crippen MR) is 76.2 cm³/mol. The second kappa shape index (κ2) is 6.53. The van der Waals surface area contributed by atoms with Crippen LogP contribution in [-0.2, 0) is 11.3 Å². The first kappa shape index (κ1) is 14.5. The number of nitrogens with zero attached hydrogens (tertiary/aromatic N) is 1. The van der Waals surface area contributed by atoms with E-state index in [-0.39, 0.29) is 5.56 Å². The number of nitrogens with one attached hydrogen (secondary N) is 1. The lowest BCUT2D eigenvalue weighted by molar-refractivity contribution is 0.0595. The van der Waals surface area contributed by atoms with Crippen molar-refractivity contribution in [1.29, 1.82) is 5.26 Å². The average Bonchev–Trinajstić information content (AvgIpc) is 2.53. The Morgan fingerprint density at radius 1 is 1.29 bits per heavy atom. The fourth-order valence-electron chi connectivity index (χ4n) is 1.80. The van der Waals surface area contributed by atoms with E-state index in [1.165, 1.54) is 19.2 Å². The van der Waals surface area contributed by atoms with Crippen molar-refractivity contribution in [3.63, 3.8) is 0 Å². The molecule has 21 heavy (non-hydrogen) atoms. The first-order chi connectivity index (χ1) is 10.1. The van der Waals surface area contributed by atoms with Gasteiger partial charge in [0.15, 0.2) is 0 Å². The molecule has 0 aliphatic heterocycles. The number of esters is 1. The van der Waals surface area contributed by atoms with Crippen LogP contribution < -0.4 is 5.32 Å². The molecule has 106 valence electrons. The maximum absolute atomic E-state index is 13.5. The highest BCUT2D eigenvalue weighted by Crippen LogP contribution is 2.16. The summed E-state index contributed by atoms with van der Waals surface area (Å²) in [4.78, 5) is 11.4. The molecule has 2 aromatic rings. The number of carbonyl (C=O) groups excluding carboxylic acids is 1. The molecule has 0 radical (unpaired) electrons. The summed E-state index contributed by atoms with van der Waals surface area (Å²) in [6.45, 7) is 0.498. The highest BCUT2D eigenvalue weighted by molar-refractivity contribution is 5.90. The van der Waals surface area contributed by atoms with Crippen LogP contribution in [0, 0.1) is 17.1 Å². The number of methoxy groups -OCH3 is 1.